The van der Waals surface area contributed by atoms with Gasteiger partial charge in [-0.05, 0) is 41.0 Å². The number of fused-ring (bicyclic) bond motifs is 1. The van der Waals surface area contributed by atoms with E-state index in [-0.39, 0.29) is 0 Å². The van der Waals surface area contributed by atoms with Gasteiger partial charge in [0.15, 0.2) is 0 Å². The van der Waals surface area contributed by atoms with Crippen molar-refractivity contribution >= 4 is 5.95 Å². The average molecular weight is 314 g/mol. The van der Waals surface area contributed by atoms with E-state index in [1.807, 2.05) is 19.0 Å². The molecular formula is C18H26N4O. The zero-order valence-corrected chi connectivity index (χ0v) is 14.5. The van der Waals surface area contributed by atoms with Crippen molar-refractivity contribution in [2.24, 2.45) is 5.41 Å². The molecule has 0 aliphatic heterocycles. The highest BCUT2D eigenvalue weighted by Crippen LogP contribution is 2.39. The van der Waals surface area contributed by atoms with Gasteiger partial charge in [-0.2, -0.15) is 4.98 Å². The molecule has 3 rings (SSSR count). The molecule has 0 bridgehead atoms. The van der Waals surface area contributed by atoms with Crippen molar-refractivity contribution in [2.45, 2.75) is 45.7 Å². The first kappa shape index (κ1) is 16.0. The fourth-order valence-corrected chi connectivity index (χ4v) is 3.23. The Morgan fingerprint density at radius 3 is 2.83 bits per heavy atom. The van der Waals surface area contributed by atoms with Crippen LogP contribution >= 0.6 is 0 Å². The average Bonchev–Trinajstić information content (AvgIpc) is 2.94. The quantitative estimate of drug-likeness (QED) is 0.877. The lowest BCUT2D eigenvalue weighted by molar-refractivity contribution is 0.265. The van der Waals surface area contributed by atoms with Crippen molar-refractivity contribution < 1.29 is 4.52 Å². The number of nitrogens with zero attached hydrogens (tertiary/aromatic N) is 3. The van der Waals surface area contributed by atoms with Gasteiger partial charge < -0.3 is 14.7 Å². The van der Waals surface area contributed by atoms with Crippen molar-refractivity contribution in [3.63, 3.8) is 0 Å². The van der Waals surface area contributed by atoms with Gasteiger partial charge in [-0.1, -0.05) is 38.1 Å². The number of aromatic nitrogens is 2. The molecule has 1 aliphatic rings. The highest BCUT2D eigenvalue weighted by molar-refractivity contribution is 5.32. The summed E-state index contributed by atoms with van der Waals surface area (Å²) in [7, 11) is 3.82. The number of rotatable bonds is 4. The second kappa shape index (κ2) is 6.32. The lowest BCUT2D eigenvalue weighted by Gasteiger charge is -2.27. The summed E-state index contributed by atoms with van der Waals surface area (Å²) in [6, 6.07) is 9.08. The molecule has 2 aromatic rings. The molecule has 1 aromatic carbocycles. The molecule has 1 atom stereocenters. The lowest BCUT2D eigenvalue weighted by Crippen LogP contribution is -2.25. The van der Waals surface area contributed by atoms with Crippen LogP contribution in [0.4, 0.5) is 5.95 Å². The molecule has 1 unspecified atom stereocenters. The van der Waals surface area contributed by atoms with Gasteiger partial charge in [0, 0.05) is 20.1 Å². The fourth-order valence-electron chi connectivity index (χ4n) is 3.23. The van der Waals surface area contributed by atoms with Gasteiger partial charge in [0.05, 0.1) is 6.54 Å². The van der Waals surface area contributed by atoms with Crippen LogP contribution in [0.15, 0.2) is 28.8 Å². The van der Waals surface area contributed by atoms with Crippen LogP contribution in [0.5, 0.6) is 0 Å². The Hall–Kier alpha value is -1.88. The number of anilines is 1. The third-order valence-electron chi connectivity index (χ3n) is 4.62. The van der Waals surface area contributed by atoms with E-state index < -0.39 is 0 Å². The third kappa shape index (κ3) is 3.72. The van der Waals surface area contributed by atoms with Crippen molar-refractivity contribution in [2.75, 3.05) is 19.0 Å². The van der Waals surface area contributed by atoms with Crippen molar-refractivity contribution in [3.05, 3.63) is 41.3 Å². The molecule has 124 valence electrons. The topological polar surface area (TPSA) is 54.2 Å². The van der Waals surface area contributed by atoms with Crippen LogP contribution in [-0.2, 0) is 13.0 Å². The van der Waals surface area contributed by atoms with Gasteiger partial charge in [-0.3, -0.25) is 0 Å². The van der Waals surface area contributed by atoms with Crippen molar-refractivity contribution in [1.82, 2.24) is 15.5 Å². The number of hydrogen-bond acceptors (Lipinski definition) is 5. The van der Waals surface area contributed by atoms with Gasteiger partial charge in [0.1, 0.15) is 0 Å². The summed E-state index contributed by atoms with van der Waals surface area (Å²) in [5.41, 5.74) is 3.18. The minimum atomic E-state index is 0.318. The Kier molecular flexibility index (Phi) is 4.39. The SMILES string of the molecule is CN(C)c1noc(CNC2CC(C)(C)CCc3ccccc32)n1. The molecule has 1 N–H and O–H groups in total. The summed E-state index contributed by atoms with van der Waals surface area (Å²) in [6.07, 6.45) is 3.47. The monoisotopic (exact) mass is 314 g/mol. The van der Waals surface area contributed by atoms with Crippen LogP contribution in [0.25, 0.3) is 0 Å². The Morgan fingerprint density at radius 1 is 1.30 bits per heavy atom. The molecule has 0 saturated heterocycles. The predicted molar refractivity (Wildman–Crippen MR) is 91.4 cm³/mol. The molecule has 0 fully saturated rings. The maximum Gasteiger partial charge on any atom is 0.265 e. The van der Waals surface area contributed by atoms with Crippen LogP contribution in [0, 0.1) is 5.41 Å². The molecule has 0 amide bonds. The first-order valence-electron chi connectivity index (χ1n) is 8.26. The number of nitrogens with one attached hydrogen (secondary N) is 1. The molecule has 1 aromatic heterocycles. The van der Waals surface area contributed by atoms with E-state index in [0.717, 1.165) is 12.8 Å². The fraction of sp³-hybridized carbons (Fsp3) is 0.556. The molecule has 0 spiro atoms. The first-order chi connectivity index (χ1) is 10.9. The second-order valence-corrected chi connectivity index (χ2v) is 7.38. The van der Waals surface area contributed by atoms with Crippen molar-refractivity contribution in [1.29, 1.82) is 0 Å². The zero-order valence-electron chi connectivity index (χ0n) is 14.5. The minimum absolute atomic E-state index is 0.318. The Balaban J connectivity index is 1.76. The van der Waals surface area contributed by atoms with E-state index >= 15 is 0 Å². The van der Waals surface area contributed by atoms with Crippen molar-refractivity contribution in [3.8, 4) is 0 Å². The molecule has 0 radical (unpaired) electrons. The molecule has 1 aliphatic carbocycles. The van der Waals surface area contributed by atoms with E-state index in [4.69, 9.17) is 4.52 Å². The van der Waals surface area contributed by atoms with Gasteiger partial charge in [-0.25, -0.2) is 0 Å². The summed E-state index contributed by atoms with van der Waals surface area (Å²) in [6.45, 7) is 5.30. The first-order valence-corrected chi connectivity index (χ1v) is 8.26. The molecule has 0 saturated carbocycles. The standard InChI is InChI=1S/C18H26N4O/c1-18(2)10-9-13-7-5-6-8-14(13)15(11-18)19-12-16-20-17(21-23-16)22(3)4/h5-8,15,19H,9-12H2,1-4H3. The molecule has 23 heavy (non-hydrogen) atoms. The second-order valence-electron chi connectivity index (χ2n) is 7.38. The Labute approximate surface area is 138 Å². The van der Waals surface area contributed by atoms with Gasteiger partial charge in [0.2, 0.25) is 5.89 Å². The van der Waals surface area contributed by atoms with Gasteiger partial charge >= 0.3 is 0 Å². The molecule has 5 heteroatoms. The van der Waals surface area contributed by atoms with Crippen LogP contribution in [0.3, 0.4) is 0 Å². The Bertz CT molecular complexity index is 663. The highest BCUT2D eigenvalue weighted by Gasteiger charge is 2.29. The smallest absolute Gasteiger partial charge is 0.265 e. The van der Waals surface area contributed by atoms with Crippen LogP contribution in [0.1, 0.15) is 49.7 Å². The summed E-state index contributed by atoms with van der Waals surface area (Å²) < 4.78 is 5.32. The van der Waals surface area contributed by atoms with E-state index in [1.54, 1.807) is 0 Å². The number of benzene rings is 1. The van der Waals surface area contributed by atoms with E-state index in [1.165, 1.54) is 17.5 Å². The van der Waals surface area contributed by atoms with Crippen LogP contribution < -0.4 is 10.2 Å². The third-order valence-corrected chi connectivity index (χ3v) is 4.62. The van der Waals surface area contributed by atoms with Crippen LogP contribution in [0.2, 0.25) is 0 Å². The Morgan fingerprint density at radius 2 is 2.09 bits per heavy atom. The summed E-state index contributed by atoms with van der Waals surface area (Å²) >= 11 is 0. The highest BCUT2D eigenvalue weighted by atomic mass is 16.5. The van der Waals surface area contributed by atoms with Gasteiger partial charge in [-0.15, -0.1) is 0 Å². The number of aryl methyl sites for hydroxylation is 1. The largest absolute Gasteiger partial charge is 0.344 e. The van der Waals surface area contributed by atoms with E-state index in [2.05, 4.69) is 53.6 Å². The maximum absolute atomic E-state index is 5.32. The van der Waals surface area contributed by atoms with Crippen LogP contribution in [-0.4, -0.2) is 24.2 Å². The normalized spacial score (nSPS) is 19.9. The molecule has 5 nitrogen and oxygen atoms in total. The molecule has 1 heterocycles. The summed E-state index contributed by atoms with van der Waals surface area (Å²) in [5, 5.41) is 7.60. The van der Waals surface area contributed by atoms with E-state index in [0.29, 0.717) is 29.8 Å². The zero-order chi connectivity index (χ0) is 16.4. The lowest BCUT2D eigenvalue weighted by atomic mass is 9.83. The molecular weight excluding hydrogens is 288 g/mol. The summed E-state index contributed by atoms with van der Waals surface area (Å²) in [4.78, 5) is 6.24. The summed E-state index contributed by atoms with van der Waals surface area (Å²) in [5.74, 6) is 1.25. The van der Waals surface area contributed by atoms with Gasteiger partial charge in [0.25, 0.3) is 5.95 Å². The maximum atomic E-state index is 5.32. The predicted octanol–water partition coefficient (Wildman–Crippen LogP) is 3.33. The number of hydrogen-bond donors (Lipinski definition) is 1. The minimum Gasteiger partial charge on any atom is -0.344 e. The van der Waals surface area contributed by atoms with E-state index in [9.17, 15) is 0 Å².